The van der Waals surface area contributed by atoms with Crippen molar-refractivity contribution in [3.8, 4) is 5.75 Å². The molecule has 0 aromatic heterocycles. The number of anilines is 1. The molecule has 0 saturated carbocycles. The van der Waals surface area contributed by atoms with Gasteiger partial charge in [0.1, 0.15) is 5.75 Å². The van der Waals surface area contributed by atoms with Gasteiger partial charge in [0.25, 0.3) is 5.91 Å². The van der Waals surface area contributed by atoms with E-state index in [9.17, 15) is 13.2 Å². The fourth-order valence-electron chi connectivity index (χ4n) is 3.27. The number of sulfonamides is 1. The molecule has 1 heterocycles. The number of methoxy groups -OCH3 is 1. The number of nitrogens with zero attached hydrogens (tertiary/aromatic N) is 2. The van der Waals surface area contributed by atoms with Gasteiger partial charge in [0.2, 0.25) is 10.0 Å². The van der Waals surface area contributed by atoms with Crippen LogP contribution in [0.15, 0.2) is 53.4 Å². The first kappa shape index (κ1) is 20.2. The summed E-state index contributed by atoms with van der Waals surface area (Å²) in [5.41, 5.74) is 1.51. The van der Waals surface area contributed by atoms with Gasteiger partial charge in [0.15, 0.2) is 0 Å². The largest absolute Gasteiger partial charge is 0.495 e. The van der Waals surface area contributed by atoms with Crippen molar-refractivity contribution in [2.75, 3.05) is 44.7 Å². The lowest BCUT2D eigenvalue weighted by molar-refractivity contribution is 0.0746. The molecular weight excluding hydrogens is 378 g/mol. The highest BCUT2D eigenvalue weighted by molar-refractivity contribution is 7.89. The third kappa shape index (κ3) is 4.28. The summed E-state index contributed by atoms with van der Waals surface area (Å²) in [6.07, 6.45) is 0. The van der Waals surface area contributed by atoms with Crippen LogP contribution in [0.5, 0.6) is 5.75 Å². The second-order valence-electron chi connectivity index (χ2n) is 6.48. The third-order valence-corrected chi connectivity index (χ3v) is 6.30. The van der Waals surface area contributed by atoms with E-state index < -0.39 is 10.0 Å². The van der Waals surface area contributed by atoms with Crippen LogP contribution in [0.3, 0.4) is 0 Å². The Balaban J connectivity index is 1.65. The molecule has 150 valence electrons. The lowest BCUT2D eigenvalue weighted by Crippen LogP contribution is -2.48. The maximum Gasteiger partial charge on any atom is 0.253 e. The minimum atomic E-state index is -3.52. The molecule has 0 atom stereocenters. The predicted octanol–water partition coefficient (Wildman–Crippen LogP) is 1.96. The summed E-state index contributed by atoms with van der Waals surface area (Å²) in [7, 11) is -1.86. The van der Waals surface area contributed by atoms with Crippen LogP contribution in [0.4, 0.5) is 5.69 Å². The lowest BCUT2D eigenvalue weighted by atomic mass is 10.1. The Morgan fingerprint density at radius 2 is 1.68 bits per heavy atom. The number of hydrogen-bond acceptors (Lipinski definition) is 5. The molecule has 0 spiro atoms. The van der Waals surface area contributed by atoms with Crippen molar-refractivity contribution in [2.45, 2.75) is 11.8 Å². The van der Waals surface area contributed by atoms with Gasteiger partial charge in [-0.15, -0.1) is 0 Å². The van der Waals surface area contributed by atoms with Gasteiger partial charge in [-0.2, -0.15) is 0 Å². The van der Waals surface area contributed by atoms with Crippen molar-refractivity contribution < 1.29 is 17.9 Å². The van der Waals surface area contributed by atoms with Gasteiger partial charge in [0.05, 0.1) is 17.7 Å². The number of para-hydroxylation sites is 2. The fraction of sp³-hybridized carbons (Fsp3) is 0.350. The summed E-state index contributed by atoms with van der Waals surface area (Å²) in [6, 6.07) is 13.9. The Bertz CT molecular complexity index is 921. The summed E-state index contributed by atoms with van der Waals surface area (Å²) in [5.74, 6) is 0.729. The summed E-state index contributed by atoms with van der Waals surface area (Å²) >= 11 is 0. The van der Waals surface area contributed by atoms with Gasteiger partial charge in [-0.25, -0.2) is 13.1 Å². The molecule has 1 N–H and O–H groups in total. The van der Waals surface area contributed by atoms with Crippen LogP contribution < -0.4 is 14.4 Å². The summed E-state index contributed by atoms with van der Waals surface area (Å²) < 4.78 is 31.9. The first-order valence-electron chi connectivity index (χ1n) is 9.23. The monoisotopic (exact) mass is 403 g/mol. The van der Waals surface area contributed by atoms with E-state index in [1.165, 1.54) is 12.1 Å². The highest BCUT2D eigenvalue weighted by atomic mass is 32.2. The molecule has 1 aliphatic rings. The maximum absolute atomic E-state index is 12.8. The topological polar surface area (TPSA) is 79.0 Å². The van der Waals surface area contributed by atoms with Crippen molar-refractivity contribution in [3.05, 3.63) is 54.1 Å². The average molecular weight is 404 g/mol. The van der Waals surface area contributed by atoms with E-state index in [-0.39, 0.29) is 10.8 Å². The minimum Gasteiger partial charge on any atom is -0.495 e. The van der Waals surface area contributed by atoms with Crippen molar-refractivity contribution in [2.24, 2.45) is 0 Å². The van der Waals surface area contributed by atoms with E-state index >= 15 is 0 Å². The summed E-state index contributed by atoms with van der Waals surface area (Å²) in [5, 5.41) is 0. The second-order valence-corrected chi connectivity index (χ2v) is 8.24. The quantitative estimate of drug-likeness (QED) is 0.798. The van der Waals surface area contributed by atoms with E-state index in [4.69, 9.17) is 4.74 Å². The third-order valence-electron chi connectivity index (χ3n) is 4.74. The van der Waals surface area contributed by atoms with E-state index in [1.54, 1.807) is 31.1 Å². The van der Waals surface area contributed by atoms with Crippen LogP contribution in [0.2, 0.25) is 0 Å². The molecule has 0 unspecified atom stereocenters. The van der Waals surface area contributed by atoms with Gasteiger partial charge in [0, 0.05) is 38.3 Å². The van der Waals surface area contributed by atoms with Crippen molar-refractivity contribution in [1.82, 2.24) is 9.62 Å². The van der Waals surface area contributed by atoms with E-state index in [0.717, 1.165) is 11.4 Å². The van der Waals surface area contributed by atoms with Crippen LogP contribution in [0.25, 0.3) is 0 Å². The normalized spacial score (nSPS) is 14.8. The van der Waals surface area contributed by atoms with Gasteiger partial charge in [-0.1, -0.05) is 19.1 Å². The Hall–Kier alpha value is -2.58. The minimum absolute atomic E-state index is 0.0907. The molecule has 28 heavy (non-hydrogen) atoms. The van der Waals surface area contributed by atoms with E-state index in [0.29, 0.717) is 38.3 Å². The van der Waals surface area contributed by atoms with Crippen LogP contribution >= 0.6 is 0 Å². The maximum atomic E-state index is 12.8. The zero-order chi connectivity index (χ0) is 20.1. The van der Waals surface area contributed by atoms with Crippen molar-refractivity contribution in [3.63, 3.8) is 0 Å². The molecule has 1 saturated heterocycles. The van der Waals surface area contributed by atoms with Crippen molar-refractivity contribution >= 4 is 21.6 Å². The van der Waals surface area contributed by atoms with Crippen LogP contribution in [-0.2, 0) is 10.0 Å². The average Bonchev–Trinajstić information content (AvgIpc) is 2.73. The zero-order valence-corrected chi connectivity index (χ0v) is 16.9. The first-order chi connectivity index (χ1) is 13.5. The number of rotatable bonds is 6. The Labute approximate surface area is 166 Å². The fourth-order valence-corrected chi connectivity index (χ4v) is 4.32. The smallest absolute Gasteiger partial charge is 0.253 e. The van der Waals surface area contributed by atoms with Crippen molar-refractivity contribution in [1.29, 1.82) is 0 Å². The lowest BCUT2D eigenvalue weighted by Gasteiger charge is -2.36. The van der Waals surface area contributed by atoms with Crippen LogP contribution in [0, 0.1) is 0 Å². The van der Waals surface area contributed by atoms with E-state index in [1.807, 2.05) is 24.3 Å². The number of benzene rings is 2. The Kier molecular flexibility index (Phi) is 6.21. The molecule has 8 heteroatoms. The highest BCUT2D eigenvalue weighted by Crippen LogP contribution is 2.28. The molecule has 0 radical (unpaired) electrons. The number of carbonyl (C=O) groups is 1. The molecule has 1 amide bonds. The van der Waals surface area contributed by atoms with Gasteiger partial charge in [-0.3, -0.25) is 4.79 Å². The number of nitrogens with one attached hydrogen (secondary N) is 1. The number of piperazine rings is 1. The van der Waals surface area contributed by atoms with Crippen LogP contribution in [0.1, 0.15) is 17.3 Å². The van der Waals surface area contributed by atoms with Gasteiger partial charge < -0.3 is 14.5 Å². The highest BCUT2D eigenvalue weighted by Gasteiger charge is 2.24. The predicted molar refractivity (Wildman–Crippen MR) is 108 cm³/mol. The Morgan fingerprint density at radius 1 is 1.04 bits per heavy atom. The number of carbonyl (C=O) groups excluding carboxylic acids is 1. The van der Waals surface area contributed by atoms with E-state index in [2.05, 4.69) is 9.62 Å². The molecule has 1 aliphatic heterocycles. The van der Waals surface area contributed by atoms with Gasteiger partial charge >= 0.3 is 0 Å². The molecule has 1 fully saturated rings. The molecule has 7 nitrogen and oxygen atoms in total. The number of ether oxygens (including phenoxy) is 1. The van der Waals surface area contributed by atoms with Crippen LogP contribution in [-0.4, -0.2) is 59.1 Å². The molecule has 0 aliphatic carbocycles. The number of amides is 1. The standard InChI is InChI=1S/C20H25N3O4S/c1-3-21-28(25,26)17-10-8-16(9-11-17)20(24)23-14-12-22(13-15-23)18-6-4-5-7-19(18)27-2/h4-11,21H,3,12-15H2,1-2H3. The second kappa shape index (κ2) is 8.62. The summed E-state index contributed by atoms with van der Waals surface area (Å²) in [6.45, 7) is 4.64. The molecule has 2 aromatic rings. The Morgan fingerprint density at radius 3 is 2.29 bits per heavy atom. The van der Waals surface area contributed by atoms with Gasteiger partial charge in [-0.05, 0) is 36.4 Å². The molecule has 0 bridgehead atoms. The SMILES string of the molecule is CCNS(=O)(=O)c1ccc(C(=O)N2CCN(c3ccccc3OC)CC2)cc1. The number of hydrogen-bond donors (Lipinski definition) is 1. The summed E-state index contributed by atoms with van der Waals surface area (Å²) in [4.78, 5) is 16.9. The zero-order valence-electron chi connectivity index (χ0n) is 16.1. The molecule has 3 rings (SSSR count). The molecular formula is C20H25N3O4S. The first-order valence-corrected chi connectivity index (χ1v) is 10.7. The molecule has 2 aromatic carbocycles.